The van der Waals surface area contributed by atoms with E-state index >= 15 is 0 Å². The number of ether oxygens (including phenoxy) is 1. The predicted molar refractivity (Wildman–Crippen MR) is 101 cm³/mol. The van der Waals surface area contributed by atoms with Gasteiger partial charge in [0.2, 0.25) is 0 Å². The number of nitrogens with zero attached hydrogens (tertiary/aromatic N) is 1. The van der Waals surface area contributed by atoms with Gasteiger partial charge in [-0.2, -0.15) is 26.3 Å². The van der Waals surface area contributed by atoms with E-state index in [2.05, 4.69) is 4.98 Å². The summed E-state index contributed by atoms with van der Waals surface area (Å²) in [4.78, 5) is 17.4. The number of benzene rings is 3. The fourth-order valence-electron chi connectivity index (χ4n) is 3.30. The van der Waals surface area contributed by atoms with Crippen molar-refractivity contribution in [2.24, 2.45) is 0 Å². The van der Waals surface area contributed by atoms with Crippen LogP contribution in [0.25, 0.3) is 21.8 Å². The van der Waals surface area contributed by atoms with Crippen molar-refractivity contribution < 1.29 is 35.9 Å². The molecule has 3 aromatic carbocycles. The first-order chi connectivity index (χ1) is 14.6. The second kappa shape index (κ2) is 7.26. The first kappa shape index (κ1) is 20.6. The SMILES string of the molecule is O=C(Oc1c(C(F)(F)F)cccc1C(F)(F)F)c1c2ccccc2nc2ccccc12. The minimum Gasteiger partial charge on any atom is -0.422 e. The topological polar surface area (TPSA) is 39.2 Å². The van der Waals surface area contributed by atoms with Gasteiger partial charge in [0, 0.05) is 10.8 Å². The maximum absolute atomic E-state index is 13.4. The first-order valence-corrected chi connectivity index (χ1v) is 8.84. The molecule has 31 heavy (non-hydrogen) atoms. The highest BCUT2D eigenvalue weighted by molar-refractivity contribution is 6.14. The standard InChI is InChI=1S/C22H11F6NO2/c23-21(24,25)14-8-5-9-15(22(26,27)28)19(14)31-20(30)18-12-6-1-3-10-16(12)29-17-11-4-2-7-13(17)18/h1-11H. The molecule has 1 aromatic heterocycles. The Morgan fingerprint density at radius 3 is 1.58 bits per heavy atom. The Kier molecular flexibility index (Phi) is 4.83. The fraction of sp³-hybridized carbons (Fsp3) is 0.0909. The Labute approximate surface area is 170 Å². The summed E-state index contributed by atoms with van der Waals surface area (Å²) in [7, 11) is 0. The Bertz CT molecular complexity index is 1220. The molecule has 0 N–H and O–H groups in total. The first-order valence-electron chi connectivity index (χ1n) is 8.84. The normalized spacial score (nSPS) is 12.3. The molecule has 0 aliphatic carbocycles. The molecule has 0 amide bonds. The van der Waals surface area contributed by atoms with Gasteiger partial charge in [0.05, 0.1) is 27.7 Å². The van der Waals surface area contributed by atoms with Crippen LogP contribution in [0, 0.1) is 0 Å². The van der Waals surface area contributed by atoms with Gasteiger partial charge in [-0.25, -0.2) is 9.78 Å². The number of pyridine rings is 1. The second-order valence-corrected chi connectivity index (χ2v) is 6.59. The molecule has 0 saturated heterocycles. The van der Waals surface area contributed by atoms with Crippen LogP contribution in [0.2, 0.25) is 0 Å². The number of rotatable bonds is 2. The summed E-state index contributed by atoms with van der Waals surface area (Å²) >= 11 is 0. The number of alkyl halides is 6. The van der Waals surface area contributed by atoms with Crippen LogP contribution in [-0.2, 0) is 12.4 Å². The molecule has 3 nitrogen and oxygen atoms in total. The predicted octanol–water partition coefficient (Wildman–Crippen LogP) is 6.64. The third-order valence-electron chi connectivity index (χ3n) is 4.61. The van der Waals surface area contributed by atoms with Crippen LogP contribution in [0.1, 0.15) is 21.5 Å². The maximum atomic E-state index is 13.4. The third kappa shape index (κ3) is 3.78. The minimum absolute atomic E-state index is 0.175. The molecule has 0 aliphatic rings. The highest BCUT2D eigenvalue weighted by Gasteiger charge is 2.42. The Hall–Kier alpha value is -3.62. The number of esters is 1. The van der Waals surface area contributed by atoms with Crippen molar-refractivity contribution in [2.45, 2.75) is 12.4 Å². The molecular weight excluding hydrogens is 424 g/mol. The van der Waals surface area contributed by atoms with Crippen LogP contribution < -0.4 is 4.74 Å². The molecule has 1 heterocycles. The van der Waals surface area contributed by atoms with E-state index in [1.165, 1.54) is 12.1 Å². The lowest BCUT2D eigenvalue weighted by Gasteiger charge is -2.18. The molecule has 0 saturated carbocycles. The van der Waals surface area contributed by atoms with Gasteiger partial charge >= 0.3 is 18.3 Å². The van der Waals surface area contributed by atoms with Gasteiger partial charge < -0.3 is 4.74 Å². The third-order valence-corrected chi connectivity index (χ3v) is 4.61. The molecular formula is C22H11F6NO2. The Balaban J connectivity index is 1.95. The molecule has 0 bridgehead atoms. The summed E-state index contributed by atoms with van der Waals surface area (Å²) in [5, 5.41) is 0.480. The van der Waals surface area contributed by atoms with Crippen LogP contribution in [0.5, 0.6) is 5.75 Å². The van der Waals surface area contributed by atoms with Gasteiger partial charge in [-0.1, -0.05) is 42.5 Å². The maximum Gasteiger partial charge on any atom is 0.420 e. The van der Waals surface area contributed by atoms with Crippen molar-refractivity contribution >= 4 is 27.8 Å². The molecule has 0 unspecified atom stereocenters. The lowest BCUT2D eigenvalue weighted by Crippen LogP contribution is -2.19. The average molecular weight is 435 g/mol. The Morgan fingerprint density at radius 1 is 0.677 bits per heavy atom. The van der Waals surface area contributed by atoms with Crippen molar-refractivity contribution in [2.75, 3.05) is 0 Å². The number of para-hydroxylation sites is 3. The van der Waals surface area contributed by atoms with Gasteiger partial charge in [-0.05, 0) is 24.3 Å². The number of fused-ring (bicyclic) bond motifs is 2. The van der Waals surface area contributed by atoms with Gasteiger partial charge in [0.1, 0.15) is 0 Å². The van der Waals surface area contributed by atoms with E-state index < -0.39 is 35.2 Å². The lowest BCUT2D eigenvalue weighted by atomic mass is 10.0. The highest BCUT2D eigenvalue weighted by Crippen LogP contribution is 2.44. The summed E-state index contributed by atoms with van der Waals surface area (Å²) in [6, 6.07) is 14.0. The fourth-order valence-corrected chi connectivity index (χ4v) is 3.30. The largest absolute Gasteiger partial charge is 0.422 e. The van der Waals surface area contributed by atoms with E-state index in [-0.39, 0.29) is 16.3 Å². The zero-order valence-electron chi connectivity index (χ0n) is 15.4. The van der Waals surface area contributed by atoms with Gasteiger partial charge in [0.15, 0.2) is 5.75 Å². The van der Waals surface area contributed by atoms with E-state index in [0.717, 1.165) is 0 Å². The van der Waals surface area contributed by atoms with Gasteiger partial charge in [-0.3, -0.25) is 0 Å². The van der Waals surface area contributed by atoms with Gasteiger partial charge in [0.25, 0.3) is 0 Å². The number of carbonyl (C=O) groups excluding carboxylic acids is 1. The molecule has 0 radical (unpaired) electrons. The number of carbonyl (C=O) groups is 1. The van der Waals surface area contributed by atoms with Gasteiger partial charge in [-0.15, -0.1) is 0 Å². The number of hydrogen-bond donors (Lipinski definition) is 0. The van der Waals surface area contributed by atoms with Crippen LogP contribution in [-0.4, -0.2) is 11.0 Å². The molecule has 9 heteroatoms. The molecule has 4 aromatic rings. The van der Waals surface area contributed by atoms with Crippen molar-refractivity contribution in [3.8, 4) is 5.75 Å². The zero-order valence-corrected chi connectivity index (χ0v) is 15.4. The molecule has 4 rings (SSSR count). The van der Waals surface area contributed by atoms with E-state index in [1.807, 2.05) is 0 Å². The molecule has 0 spiro atoms. The van der Waals surface area contributed by atoms with E-state index in [9.17, 15) is 31.1 Å². The molecule has 0 atom stereocenters. The van der Waals surface area contributed by atoms with Crippen LogP contribution in [0.15, 0.2) is 66.7 Å². The van der Waals surface area contributed by atoms with Crippen LogP contribution in [0.4, 0.5) is 26.3 Å². The number of hydrogen-bond acceptors (Lipinski definition) is 3. The summed E-state index contributed by atoms with van der Waals surface area (Å²) in [5.41, 5.74) is -2.88. The Morgan fingerprint density at radius 2 is 1.13 bits per heavy atom. The van der Waals surface area contributed by atoms with Crippen molar-refractivity contribution in [1.82, 2.24) is 4.98 Å². The smallest absolute Gasteiger partial charge is 0.420 e. The van der Waals surface area contributed by atoms with E-state index in [1.54, 1.807) is 36.4 Å². The summed E-state index contributed by atoms with van der Waals surface area (Å²) in [6.07, 6.45) is -10.3. The molecule has 158 valence electrons. The molecule has 0 aliphatic heterocycles. The lowest BCUT2D eigenvalue weighted by molar-refractivity contribution is -0.144. The van der Waals surface area contributed by atoms with Crippen LogP contribution >= 0.6 is 0 Å². The molecule has 0 fully saturated rings. The number of halogens is 6. The summed E-state index contributed by atoms with van der Waals surface area (Å²) < 4.78 is 85.3. The minimum atomic E-state index is -5.17. The van der Waals surface area contributed by atoms with E-state index in [4.69, 9.17) is 4.74 Å². The monoisotopic (exact) mass is 435 g/mol. The summed E-state index contributed by atoms with van der Waals surface area (Å²) in [5.74, 6) is -2.94. The van der Waals surface area contributed by atoms with Crippen molar-refractivity contribution in [1.29, 1.82) is 0 Å². The van der Waals surface area contributed by atoms with Crippen LogP contribution in [0.3, 0.4) is 0 Å². The quantitative estimate of drug-likeness (QED) is 0.153. The average Bonchev–Trinajstić information content (AvgIpc) is 2.70. The van der Waals surface area contributed by atoms with E-state index in [0.29, 0.717) is 29.2 Å². The van der Waals surface area contributed by atoms with Crippen molar-refractivity contribution in [3.05, 3.63) is 83.4 Å². The summed E-state index contributed by atoms with van der Waals surface area (Å²) in [6.45, 7) is 0. The zero-order chi connectivity index (χ0) is 22.4. The second-order valence-electron chi connectivity index (χ2n) is 6.59. The number of aromatic nitrogens is 1. The highest BCUT2D eigenvalue weighted by atomic mass is 19.4. The van der Waals surface area contributed by atoms with Crippen molar-refractivity contribution in [3.63, 3.8) is 0 Å².